The van der Waals surface area contributed by atoms with E-state index in [1.165, 1.54) is 16.7 Å². The SMILES string of the molecule is O=C1/C(=C\c2cccnc2)SC(=S)N1c1ccc(Cl)cc1. The van der Waals surface area contributed by atoms with Crippen molar-refractivity contribution in [2.45, 2.75) is 0 Å². The molecule has 1 aromatic heterocycles. The minimum absolute atomic E-state index is 0.129. The molecule has 1 fully saturated rings. The summed E-state index contributed by atoms with van der Waals surface area (Å²) < 4.78 is 0.512. The molecule has 0 atom stereocenters. The van der Waals surface area contributed by atoms with Gasteiger partial charge in [0.25, 0.3) is 5.91 Å². The average molecular weight is 333 g/mol. The van der Waals surface area contributed by atoms with Gasteiger partial charge in [-0.05, 0) is 42.0 Å². The Bertz CT molecular complexity index is 729. The van der Waals surface area contributed by atoms with E-state index in [1.807, 2.05) is 12.1 Å². The Morgan fingerprint density at radius 3 is 2.67 bits per heavy atom. The van der Waals surface area contributed by atoms with Gasteiger partial charge in [-0.1, -0.05) is 41.6 Å². The number of carbonyl (C=O) groups excluding carboxylic acids is 1. The zero-order chi connectivity index (χ0) is 14.8. The van der Waals surface area contributed by atoms with Crippen molar-refractivity contribution in [3.8, 4) is 0 Å². The Kier molecular flexibility index (Phi) is 4.05. The van der Waals surface area contributed by atoms with Crippen molar-refractivity contribution in [3.63, 3.8) is 0 Å². The second kappa shape index (κ2) is 5.97. The molecular formula is C15H9ClN2OS2. The molecule has 6 heteroatoms. The Balaban J connectivity index is 1.92. The van der Waals surface area contributed by atoms with Crippen molar-refractivity contribution in [3.05, 3.63) is 64.3 Å². The highest BCUT2D eigenvalue weighted by Crippen LogP contribution is 2.36. The topological polar surface area (TPSA) is 33.2 Å². The molecule has 1 saturated heterocycles. The van der Waals surface area contributed by atoms with Gasteiger partial charge in [0.05, 0.1) is 10.6 Å². The number of thioether (sulfide) groups is 1. The number of anilines is 1. The van der Waals surface area contributed by atoms with Crippen LogP contribution in [0.3, 0.4) is 0 Å². The Morgan fingerprint density at radius 2 is 2.00 bits per heavy atom. The fourth-order valence-corrected chi connectivity index (χ4v) is 3.32. The van der Waals surface area contributed by atoms with E-state index in [-0.39, 0.29) is 5.91 Å². The van der Waals surface area contributed by atoms with Crippen LogP contribution in [0.15, 0.2) is 53.7 Å². The van der Waals surface area contributed by atoms with E-state index in [0.29, 0.717) is 14.2 Å². The quantitative estimate of drug-likeness (QED) is 0.611. The lowest BCUT2D eigenvalue weighted by atomic mass is 10.2. The zero-order valence-corrected chi connectivity index (χ0v) is 13.1. The highest BCUT2D eigenvalue weighted by molar-refractivity contribution is 8.27. The number of benzene rings is 1. The van der Waals surface area contributed by atoms with Crippen molar-refractivity contribution in [1.82, 2.24) is 4.98 Å². The molecule has 3 rings (SSSR count). The maximum Gasteiger partial charge on any atom is 0.270 e. The predicted molar refractivity (Wildman–Crippen MR) is 91.3 cm³/mol. The van der Waals surface area contributed by atoms with E-state index in [4.69, 9.17) is 23.8 Å². The number of carbonyl (C=O) groups is 1. The van der Waals surface area contributed by atoms with Crippen LogP contribution in [0.5, 0.6) is 0 Å². The molecule has 2 aromatic rings. The van der Waals surface area contributed by atoms with E-state index in [1.54, 1.807) is 42.7 Å². The molecule has 0 spiro atoms. The molecule has 1 aromatic carbocycles. The summed E-state index contributed by atoms with van der Waals surface area (Å²) in [6.07, 6.45) is 5.19. The molecule has 0 N–H and O–H groups in total. The van der Waals surface area contributed by atoms with Crippen molar-refractivity contribution in [2.75, 3.05) is 4.90 Å². The van der Waals surface area contributed by atoms with E-state index in [0.717, 1.165) is 11.3 Å². The molecule has 104 valence electrons. The summed E-state index contributed by atoms with van der Waals surface area (Å²) in [7, 11) is 0. The molecule has 21 heavy (non-hydrogen) atoms. The molecule has 3 nitrogen and oxygen atoms in total. The normalized spacial score (nSPS) is 16.8. The third-order valence-electron chi connectivity index (χ3n) is 2.86. The molecule has 0 unspecified atom stereocenters. The van der Waals surface area contributed by atoms with Crippen LogP contribution in [-0.4, -0.2) is 15.2 Å². The molecule has 2 heterocycles. The fourth-order valence-electron chi connectivity index (χ4n) is 1.89. The van der Waals surface area contributed by atoms with Gasteiger partial charge in [-0.2, -0.15) is 0 Å². The summed E-state index contributed by atoms with van der Waals surface area (Å²) in [5.74, 6) is -0.129. The van der Waals surface area contributed by atoms with Gasteiger partial charge >= 0.3 is 0 Å². The maximum absolute atomic E-state index is 12.5. The summed E-state index contributed by atoms with van der Waals surface area (Å²) in [5, 5.41) is 0.620. The van der Waals surface area contributed by atoms with E-state index in [9.17, 15) is 4.79 Å². The van der Waals surface area contributed by atoms with Crippen LogP contribution in [0.25, 0.3) is 6.08 Å². The lowest BCUT2D eigenvalue weighted by Crippen LogP contribution is -2.27. The second-order valence-electron chi connectivity index (χ2n) is 4.28. The first-order valence-electron chi connectivity index (χ1n) is 6.09. The molecule has 0 bridgehead atoms. The first-order valence-corrected chi connectivity index (χ1v) is 7.69. The zero-order valence-electron chi connectivity index (χ0n) is 10.7. The molecule has 1 aliphatic rings. The van der Waals surface area contributed by atoms with Crippen LogP contribution in [0, 0.1) is 0 Å². The van der Waals surface area contributed by atoms with Crippen LogP contribution < -0.4 is 4.90 Å². The van der Waals surface area contributed by atoms with E-state index in [2.05, 4.69) is 4.98 Å². The number of amides is 1. The van der Waals surface area contributed by atoms with Gasteiger partial charge in [-0.3, -0.25) is 14.7 Å². The number of aromatic nitrogens is 1. The van der Waals surface area contributed by atoms with Gasteiger partial charge in [0.2, 0.25) is 0 Å². The molecular weight excluding hydrogens is 324 g/mol. The maximum atomic E-state index is 12.5. The van der Waals surface area contributed by atoms with Gasteiger partial charge in [0, 0.05) is 17.4 Å². The molecule has 0 radical (unpaired) electrons. The minimum atomic E-state index is -0.129. The number of hydrogen-bond donors (Lipinski definition) is 0. The highest BCUT2D eigenvalue weighted by Gasteiger charge is 2.33. The number of thiocarbonyl (C=S) groups is 1. The van der Waals surface area contributed by atoms with Gasteiger partial charge in [-0.25, -0.2) is 0 Å². The van der Waals surface area contributed by atoms with E-state index < -0.39 is 0 Å². The van der Waals surface area contributed by atoms with Crippen molar-refractivity contribution in [2.24, 2.45) is 0 Å². The smallest absolute Gasteiger partial charge is 0.268 e. The minimum Gasteiger partial charge on any atom is -0.268 e. The van der Waals surface area contributed by atoms with Crippen molar-refractivity contribution >= 4 is 57.6 Å². The van der Waals surface area contributed by atoms with Gasteiger partial charge < -0.3 is 0 Å². The van der Waals surface area contributed by atoms with Gasteiger partial charge in [-0.15, -0.1) is 0 Å². The van der Waals surface area contributed by atoms with Gasteiger partial charge in [0.15, 0.2) is 4.32 Å². The van der Waals surface area contributed by atoms with Crippen molar-refractivity contribution < 1.29 is 4.79 Å². The molecule has 1 amide bonds. The Morgan fingerprint density at radius 1 is 1.24 bits per heavy atom. The van der Waals surface area contributed by atoms with Crippen LogP contribution >= 0.6 is 35.6 Å². The second-order valence-corrected chi connectivity index (χ2v) is 6.39. The largest absolute Gasteiger partial charge is 0.270 e. The van der Waals surface area contributed by atoms with Crippen LogP contribution in [0.4, 0.5) is 5.69 Å². The summed E-state index contributed by atoms with van der Waals surface area (Å²) in [6, 6.07) is 10.7. The summed E-state index contributed by atoms with van der Waals surface area (Å²) in [5.41, 5.74) is 1.59. The van der Waals surface area contributed by atoms with Gasteiger partial charge in [0.1, 0.15) is 0 Å². The molecule has 1 aliphatic heterocycles. The number of pyridine rings is 1. The van der Waals surface area contributed by atoms with Crippen molar-refractivity contribution in [1.29, 1.82) is 0 Å². The predicted octanol–water partition coefficient (Wildman–Crippen LogP) is 4.14. The van der Waals surface area contributed by atoms with Crippen LogP contribution in [-0.2, 0) is 4.79 Å². The first kappa shape index (κ1) is 14.3. The average Bonchev–Trinajstić information content (AvgIpc) is 2.76. The highest BCUT2D eigenvalue weighted by atomic mass is 35.5. The summed E-state index contributed by atoms with van der Waals surface area (Å²) in [4.78, 5) is 18.6. The molecule has 0 saturated carbocycles. The number of rotatable bonds is 2. The van der Waals surface area contributed by atoms with E-state index >= 15 is 0 Å². The monoisotopic (exact) mass is 332 g/mol. The third-order valence-corrected chi connectivity index (χ3v) is 4.41. The standard InChI is InChI=1S/C15H9ClN2OS2/c16-11-3-5-12(6-4-11)18-14(19)13(21-15(18)20)8-10-2-1-7-17-9-10/h1-9H/b13-8+. The lowest BCUT2D eigenvalue weighted by molar-refractivity contribution is -0.113. The third kappa shape index (κ3) is 3.00. The number of nitrogens with zero attached hydrogens (tertiary/aromatic N) is 2. The molecule has 0 aliphatic carbocycles. The number of hydrogen-bond acceptors (Lipinski definition) is 4. The fraction of sp³-hybridized carbons (Fsp3) is 0. The lowest BCUT2D eigenvalue weighted by Gasteiger charge is -2.14. The first-order chi connectivity index (χ1) is 10.1. The Hall–Kier alpha value is -1.69. The summed E-state index contributed by atoms with van der Waals surface area (Å²) >= 11 is 12.5. The summed E-state index contributed by atoms with van der Waals surface area (Å²) in [6.45, 7) is 0. The van der Waals surface area contributed by atoms with Crippen LogP contribution in [0.1, 0.15) is 5.56 Å². The number of halogens is 1. The Labute approximate surface area is 136 Å². The van der Waals surface area contributed by atoms with Crippen LogP contribution in [0.2, 0.25) is 5.02 Å².